The van der Waals surface area contributed by atoms with Crippen LogP contribution in [0.5, 0.6) is 0 Å². The highest BCUT2D eigenvalue weighted by Gasteiger charge is 2.22. The van der Waals surface area contributed by atoms with Gasteiger partial charge >= 0.3 is 0 Å². The van der Waals surface area contributed by atoms with Crippen molar-refractivity contribution in [2.45, 2.75) is 77.8 Å². The quantitative estimate of drug-likeness (QED) is 0.857. The van der Waals surface area contributed by atoms with Crippen LogP contribution in [0.4, 0.5) is 0 Å². The van der Waals surface area contributed by atoms with E-state index in [9.17, 15) is 0 Å². The van der Waals surface area contributed by atoms with Crippen molar-refractivity contribution in [3.05, 3.63) is 18.0 Å². The number of likely N-dealkylation sites (N-methyl/N-ethyl adjacent to an activating group) is 1. The molecule has 0 saturated heterocycles. The zero-order chi connectivity index (χ0) is 14.2. The Morgan fingerprint density at radius 1 is 1.20 bits per heavy atom. The third-order valence-corrected chi connectivity index (χ3v) is 4.65. The Labute approximate surface area is 124 Å². The normalized spacial score (nSPS) is 19.5. The molecule has 0 amide bonds. The summed E-state index contributed by atoms with van der Waals surface area (Å²) in [5, 5.41) is 8.15. The van der Waals surface area contributed by atoms with Crippen LogP contribution in [0.25, 0.3) is 0 Å². The van der Waals surface area contributed by atoms with Crippen LogP contribution >= 0.6 is 0 Å². The van der Waals surface area contributed by atoms with Crippen molar-refractivity contribution in [2.75, 3.05) is 6.54 Å². The topological polar surface area (TPSA) is 29.9 Å². The van der Waals surface area contributed by atoms with E-state index < -0.39 is 0 Å². The standard InChI is InChI=1S/C17H31N3/c1-3-18-17(12-15-13-19-20(4-2)14-15)16-10-8-6-5-7-9-11-16/h13-14,16-18H,3-12H2,1-2H3. The first-order chi connectivity index (χ1) is 9.83. The summed E-state index contributed by atoms with van der Waals surface area (Å²) >= 11 is 0. The van der Waals surface area contributed by atoms with Gasteiger partial charge in [0.15, 0.2) is 0 Å². The van der Waals surface area contributed by atoms with Crippen molar-refractivity contribution in [3.8, 4) is 0 Å². The van der Waals surface area contributed by atoms with Crippen molar-refractivity contribution < 1.29 is 0 Å². The zero-order valence-electron chi connectivity index (χ0n) is 13.3. The van der Waals surface area contributed by atoms with E-state index in [1.54, 1.807) is 0 Å². The molecule has 1 atom stereocenters. The summed E-state index contributed by atoms with van der Waals surface area (Å²) in [6.45, 7) is 6.41. The predicted molar refractivity (Wildman–Crippen MR) is 84.9 cm³/mol. The van der Waals surface area contributed by atoms with Crippen LogP contribution in [0, 0.1) is 5.92 Å². The maximum absolute atomic E-state index is 4.42. The fourth-order valence-corrected chi connectivity index (χ4v) is 3.50. The van der Waals surface area contributed by atoms with Crippen molar-refractivity contribution in [2.24, 2.45) is 5.92 Å². The summed E-state index contributed by atoms with van der Waals surface area (Å²) in [4.78, 5) is 0. The first kappa shape index (κ1) is 15.6. The lowest BCUT2D eigenvalue weighted by atomic mass is 9.83. The molecule has 20 heavy (non-hydrogen) atoms. The first-order valence-corrected chi connectivity index (χ1v) is 8.58. The van der Waals surface area contributed by atoms with Gasteiger partial charge in [-0.1, -0.05) is 39.0 Å². The van der Waals surface area contributed by atoms with Crippen molar-refractivity contribution in [3.63, 3.8) is 0 Å². The van der Waals surface area contributed by atoms with Crippen LogP contribution in [0.3, 0.4) is 0 Å². The summed E-state index contributed by atoms with van der Waals surface area (Å²) in [7, 11) is 0. The summed E-state index contributed by atoms with van der Waals surface area (Å²) in [5.74, 6) is 0.847. The van der Waals surface area contributed by atoms with Gasteiger partial charge in [0.1, 0.15) is 0 Å². The lowest BCUT2D eigenvalue weighted by molar-refractivity contribution is 0.286. The number of nitrogens with zero attached hydrogens (tertiary/aromatic N) is 2. The van der Waals surface area contributed by atoms with Gasteiger partial charge in [-0.25, -0.2) is 0 Å². The Hall–Kier alpha value is -0.830. The van der Waals surface area contributed by atoms with Crippen LogP contribution in [0.2, 0.25) is 0 Å². The predicted octanol–water partition coefficient (Wildman–Crippen LogP) is 3.78. The molecule has 0 bridgehead atoms. The number of aromatic nitrogens is 2. The molecule has 0 radical (unpaired) electrons. The molecular weight excluding hydrogens is 246 g/mol. The molecule has 1 N–H and O–H groups in total. The first-order valence-electron chi connectivity index (χ1n) is 8.58. The highest BCUT2D eigenvalue weighted by Crippen LogP contribution is 2.26. The molecule has 1 aromatic heterocycles. The van der Waals surface area contributed by atoms with Gasteiger partial charge in [0.25, 0.3) is 0 Å². The highest BCUT2D eigenvalue weighted by molar-refractivity contribution is 5.07. The minimum atomic E-state index is 0.632. The van der Waals surface area contributed by atoms with Gasteiger partial charge in [0.05, 0.1) is 6.20 Å². The Morgan fingerprint density at radius 3 is 2.50 bits per heavy atom. The summed E-state index contributed by atoms with van der Waals surface area (Å²) in [6.07, 6.45) is 15.4. The maximum atomic E-state index is 4.42. The molecule has 0 aliphatic heterocycles. The summed E-state index contributed by atoms with van der Waals surface area (Å²) in [6, 6.07) is 0.632. The molecule has 0 spiro atoms. The van der Waals surface area contributed by atoms with Crippen LogP contribution < -0.4 is 5.32 Å². The number of hydrogen-bond acceptors (Lipinski definition) is 2. The minimum absolute atomic E-state index is 0.632. The molecular formula is C17H31N3. The molecule has 2 rings (SSSR count). The van der Waals surface area contributed by atoms with Gasteiger partial charge in [-0.2, -0.15) is 5.10 Å². The Morgan fingerprint density at radius 2 is 1.90 bits per heavy atom. The Kier molecular flexibility index (Phi) is 6.58. The molecule has 1 heterocycles. The third kappa shape index (κ3) is 4.62. The lowest BCUT2D eigenvalue weighted by Gasteiger charge is -2.29. The average Bonchev–Trinajstić information content (AvgIpc) is 2.86. The minimum Gasteiger partial charge on any atom is -0.314 e. The monoisotopic (exact) mass is 277 g/mol. The molecule has 3 nitrogen and oxygen atoms in total. The fraction of sp³-hybridized carbons (Fsp3) is 0.824. The van der Waals surface area contributed by atoms with Gasteiger partial charge in [0, 0.05) is 18.8 Å². The third-order valence-electron chi connectivity index (χ3n) is 4.65. The molecule has 1 fully saturated rings. The molecule has 3 heteroatoms. The van der Waals surface area contributed by atoms with E-state index in [4.69, 9.17) is 0 Å². The second kappa shape index (κ2) is 8.46. The highest BCUT2D eigenvalue weighted by atomic mass is 15.3. The van der Waals surface area contributed by atoms with E-state index in [1.807, 2.05) is 4.68 Å². The van der Waals surface area contributed by atoms with Gasteiger partial charge < -0.3 is 5.32 Å². The van der Waals surface area contributed by atoms with Gasteiger partial charge in [-0.15, -0.1) is 0 Å². The average molecular weight is 277 g/mol. The Balaban J connectivity index is 1.96. The molecule has 0 aromatic carbocycles. The second-order valence-corrected chi connectivity index (χ2v) is 6.18. The van der Waals surface area contributed by atoms with Crippen molar-refractivity contribution >= 4 is 0 Å². The van der Waals surface area contributed by atoms with Gasteiger partial charge in [0.2, 0.25) is 0 Å². The molecule has 1 unspecified atom stereocenters. The molecule has 1 aliphatic carbocycles. The van der Waals surface area contributed by atoms with E-state index in [2.05, 4.69) is 36.7 Å². The smallest absolute Gasteiger partial charge is 0.0522 e. The van der Waals surface area contributed by atoms with E-state index in [-0.39, 0.29) is 0 Å². The maximum Gasteiger partial charge on any atom is 0.0522 e. The summed E-state index contributed by atoms with van der Waals surface area (Å²) in [5.41, 5.74) is 1.39. The number of rotatable bonds is 6. The largest absolute Gasteiger partial charge is 0.314 e. The van der Waals surface area contributed by atoms with E-state index in [0.717, 1.165) is 25.4 Å². The lowest BCUT2D eigenvalue weighted by Crippen LogP contribution is -2.38. The molecule has 1 saturated carbocycles. The zero-order valence-corrected chi connectivity index (χ0v) is 13.3. The number of aryl methyl sites for hydroxylation is 1. The van der Waals surface area contributed by atoms with Crippen LogP contribution in [0.15, 0.2) is 12.4 Å². The van der Waals surface area contributed by atoms with Crippen LogP contribution in [-0.2, 0) is 13.0 Å². The van der Waals surface area contributed by atoms with Crippen molar-refractivity contribution in [1.29, 1.82) is 0 Å². The van der Waals surface area contributed by atoms with Crippen molar-refractivity contribution in [1.82, 2.24) is 15.1 Å². The van der Waals surface area contributed by atoms with E-state index in [1.165, 1.54) is 50.5 Å². The Bertz CT molecular complexity index is 364. The summed E-state index contributed by atoms with van der Waals surface area (Å²) < 4.78 is 2.04. The molecule has 1 aromatic rings. The number of hydrogen-bond donors (Lipinski definition) is 1. The second-order valence-electron chi connectivity index (χ2n) is 6.18. The number of nitrogens with one attached hydrogen (secondary N) is 1. The van der Waals surface area contributed by atoms with Crippen LogP contribution in [0.1, 0.15) is 64.4 Å². The molecule has 1 aliphatic rings. The van der Waals surface area contributed by atoms with Gasteiger partial charge in [-0.3, -0.25) is 4.68 Å². The fourth-order valence-electron chi connectivity index (χ4n) is 3.50. The van der Waals surface area contributed by atoms with E-state index >= 15 is 0 Å². The SMILES string of the molecule is CCNC(Cc1cnn(CC)c1)C1CCCCCCC1. The van der Waals surface area contributed by atoms with Crippen LogP contribution in [-0.4, -0.2) is 22.4 Å². The van der Waals surface area contributed by atoms with E-state index in [0.29, 0.717) is 6.04 Å². The molecule has 114 valence electrons. The van der Waals surface area contributed by atoms with Gasteiger partial charge in [-0.05, 0) is 44.2 Å².